The van der Waals surface area contributed by atoms with Crippen molar-refractivity contribution in [1.29, 1.82) is 0 Å². The van der Waals surface area contributed by atoms with Crippen LogP contribution in [0.5, 0.6) is 0 Å². The van der Waals surface area contributed by atoms with Crippen molar-refractivity contribution in [2.24, 2.45) is 0 Å². The van der Waals surface area contributed by atoms with Gasteiger partial charge in [-0.25, -0.2) is 4.98 Å². The molecule has 1 atom stereocenters. The minimum Gasteiger partial charge on any atom is -0.336 e. The van der Waals surface area contributed by atoms with Gasteiger partial charge in [-0.15, -0.1) is 11.8 Å². The van der Waals surface area contributed by atoms with E-state index in [4.69, 9.17) is 23.2 Å². The molecule has 2 aromatic carbocycles. The van der Waals surface area contributed by atoms with E-state index in [9.17, 15) is 0 Å². The van der Waals surface area contributed by atoms with Crippen molar-refractivity contribution in [3.8, 4) is 0 Å². The van der Waals surface area contributed by atoms with Crippen LogP contribution in [-0.2, 0) is 12.0 Å². The Morgan fingerprint density at radius 1 is 1.08 bits per heavy atom. The van der Waals surface area contributed by atoms with Crippen molar-refractivity contribution in [1.82, 2.24) is 9.55 Å². The molecule has 0 saturated carbocycles. The van der Waals surface area contributed by atoms with Crippen LogP contribution in [0.4, 0.5) is 0 Å². The van der Waals surface area contributed by atoms with Crippen LogP contribution in [0.3, 0.4) is 0 Å². The zero-order valence-corrected chi connectivity index (χ0v) is 17.4. The summed E-state index contributed by atoms with van der Waals surface area (Å²) in [7, 11) is 0. The van der Waals surface area contributed by atoms with Gasteiger partial charge in [0.2, 0.25) is 0 Å². The minimum absolute atomic E-state index is 0.144. The fourth-order valence-corrected chi connectivity index (χ4v) is 4.43. The molecular weight excluding hydrogens is 383 g/mol. The van der Waals surface area contributed by atoms with Crippen molar-refractivity contribution < 1.29 is 0 Å². The molecule has 0 radical (unpaired) electrons. The quantitative estimate of drug-likeness (QED) is 0.425. The number of rotatable bonds is 5. The molecule has 26 heavy (non-hydrogen) atoms. The molecule has 0 amide bonds. The molecule has 0 bridgehead atoms. The minimum atomic E-state index is 0.144. The first-order valence-electron chi connectivity index (χ1n) is 8.51. The number of hydrogen-bond donors (Lipinski definition) is 0. The molecule has 3 aromatic rings. The molecule has 1 aromatic heterocycles. The van der Waals surface area contributed by atoms with E-state index in [-0.39, 0.29) is 10.7 Å². The fraction of sp³-hybridized carbons (Fsp3) is 0.286. The molecule has 1 unspecified atom stereocenters. The van der Waals surface area contributed by atoms with Gasteiger partial charge in [0.15, 0.2) is 0 Å². The van der Waals surface area contributed by atoms with Crippen LogP contribution in [-0.4, -0.2) is 9.55 Å². The number of benzene rings is 2. The fourth-order valence-electron chi connectivity index (χ4n) is 2.72. The topological polar surface area (TPSA) is 17.8 Å². The molecule has 136 valence electrons. The Bertz CT molecular complexity index is 853. The Labute approximate surface area is 169 Å². The van der Waals surface area contributed by atoms with Crippen molar-refractivity contribution >= 4 is 35.0 Å². The molecular formula is C21H22Cl2N2S. The van der Waals surface area contributed by atoms with E-state index in [0.717, 1.165) is 11.4 Å². The van der Waals surface area contributed by atoms with Gasteiger partial charge in [0.1, 0.15) is 0 Å². The predicted molar refractivity (Wildman–Crippen MR) is 112 cm³/mol. The summed E-state index contributed by atoms with van der Waals surface area (Å²) >= 11 is 14.2. The summed E-state index contributed by atoms with van der Waals surface area (Å²) in [5.41, 5.74) is 2.74. The maximum Gasteiger partial charge on any atom is 0.0946 e. The summed E-state index contributed by atoms with van der Waals surface area (Å²) < 4.78 is 2.10. The van der Waals surface area contributed by atoms with Crippen molar-refractivity contribution in [3.05, 3.63) is 82.4 Å². The molecule has 0 fully saturated rings. The Morgan fingerprint density at radius 2 is 1.81 bits per heavy atom. The van der Waals surface area contributed by atoms with Gasteiger partial charge in [0.05, 0.1) is 16.6 Å². The number of hydrogen-bond acceptors (Lipinski definition) is 2. The number of thioether (sulfide) groups is 1. The van der Waals surface area contributed by atoms with E-state index in [0.29, 0.717) is 10.0 Å². The molecule has 0 N–H and O–H groups in total. The first kappa shape index (κ1) is 19.3. The molecule has 0 aliphatic carbocycles. The van der Waals surface area contributed by atoms with Crippen molar-refractivity contribution in [3.63, 3.8) is 0 Å². The van der Waals surface area contributed by atoms with E-state index >= 15 is 0 Å². The Morgan fingerprint density at radius 3 is 2.38 bits per heavy atom. The summed E-state index contributed by atoms with van der Waals surface area (Å²) in [6.45, 7) is 7.51. The first-order valence-corrected chi connectivity index (χ1v) is 10.1. The highest BCUT2D eigenvalue weighted by Gasteiger charge is 2.18. The van der Waals surface area contributed by atoms with E-state index in [1.807, 2.05) is 24.7 Å². The lowest BCUT2D eigenvalue weighted by molar-refractivity contribution is 0.589. The lowest BCUT2D eigenvalue weighted by atomic mass is 9.86. The maximum atomic E-state index is 6.40. The Hall–Kier alpha value is -1.42. The molecule has 0 aliphatic rings. The van der Waals surface area contributed by atoms with Crippen molar-refractivity contribution in [2.45, 2.75) is 42.9 Å². The van der Waals surface area contributed by atoms with Crippen LogP contribution in [0.25, 0.3) is 0 Å². The maximum absolute atomic E-state index is 6.40. The third-order valence-corrected chi connectivity index (χ3v) is 6.22. The lowest BCUT2D eigenvalue weighted by Crippen LogP contribution is -2.11. The van der Waals surface area contributed by atoms with Crippen molar-refractivity contribution in [2.75, 3.05) is 0 Å². The smallest absolute Gasteiger partial charge is 0.0946 e. The highest BCUT2D eigenvalue weighted by molar-refractivity contribution is 7.99. The van der Waals surface area contributed by atoms with Crippen LogP contribution < -0.4 is 0 Å². The van der Waals surface area contributed by atoms with Gasteiger partial charge in [-0.05, 0) is 34.7 Å². The second-order valence-electron chi connectivity index (χ2n) is 7.31. The normalized spacial score (nSPS) is 13.0. The number of halogens is 2. The highest BCUT2D eigenvalue weighted by atomic mass is 35.5. The molecule has 0 aliphatic heterocycles. The highest BCUT2D eigenvalue weighted by Crippen LogP contribution is 2.41. The zero-order chi connectivity index (χ0) is 18.7. The summed E-state index contributed by atoms with van der Waals surface area (Å²) in [6, 6.07) is 14.5. The standard InChI is InChI=1S/C21H22Cl2N2S/c1-21(2,3)16-6-4-15(5-7-16)20(13-25-11-10-24-14-25)26-19-9-8-17(22)12-18(19)23/h4-12,14,20H,13H2,1-3H3. The van der Waals surface area contributed by atoms with Gasteiger partial charge < -0.3 is 4.57 Å². The Kier molecular flexibility index (Phi) is 6.01. The molecule has 2 nitrogen and oxygen atoms in total. The average molecular weight is 405 g/mol. The van der Waals surface area contributed by atoms with E-state index in [1.54, 1.807) is 24.0 Å². The molecule has 3 rings (SSSR count). The number of aromatic nitrogens is 2. The average Bonchev–Trinajstić information content (AvgIpc) is 3.09. The second kappa shape index (κ2) is 8.08. The second-order valence-corrected chi connectivity index (χ2v) is 9.40. The summed E-state index contributed by atoms with van der Waals surface area (Å²) in [4.78, 5) is 5.19. The molecule has 5 heteroatoms. The van der Waals surface area contributed by atoms with Gasteiger partial charge in [0.25, 0.3) is 0 Å². The van der Waals surface area contributed by atoms with E-state index < -0.39 is 0 Å². The van der Waals surface area contributed by atoms with Crippen LogP contribution in [0.15, 0.2) is 66.1 Å². The van der Waals surface area contributed by atoms with E-state index in [1.165, 1.54) is 11.1 Å². The Balaban J connectivity index is 1.90. The molecule has 0 spiro atoms. The van der Waals surface area contributed by atoms with Crippen LogP contribution >= 0.6 is 35.0 Å². The van der Waals surface area contributed by atoms with Gasteiger partial charge in [-0.1, -0.05) is 68.2 Å². The summed E-state index contributed by atoms with van der Waals surface area (Å²) in [6.07, 6.45) is 5.64. The number of imidazole rings is 1. The van der Waals surface area contributed by atoms with Gasteiger partial charge in [0, 0.05) is 28.9 Å². The van der Waals surface area contributed by atoms with Crippen LogP contribution in [0.2, 0.25) is 10.0 Å². The largest absolute Gasteiger partial charge is 0.336 e. The lowest BCUT2D eigenvalue weighted by Gasteiger charge is -2.22. The van der Waals surface area contributed by atoms with Crippen LogP contribution in [0, 0.1) is 0 Å². The third-order valence-electron chi connectivity index (χ3n) is 4.25. The monoisotopic (exact) mass is 404 g/mol. The number of nitrogens with zero attached hydrogens (tertiary/aromatic N) is 2. The molecule has 1 heterocycles. The summed E-state index contributed by atoms with van der Waals surface area (Å²) in [5.74, 6) is 0. The van der Waals surface area contributed by atoms with E-state index in [2.05, 4.69) is 54.6 Å². The molecule has 0 saturated heterocycles. The first-order chi connectivity index (χ1) is 12.3. The van der Waals surface area contributed by atoms with Gasteiger partial charge in [-0.3, -0.25) is 0 Å². The van der Waals surface area contributed by atoms with Gasteiger partial charge in [-0.2, -0.15) is 0 Å². The van der Waals surface area contributed by atoms with Crippen LogP contribution in [0.1, 0.15) is 37.1 Å². The third kappa shape index (κ3) is 4.85. The zero-order valence-electron chi connectivity index (χ0n) is 15.1. The van der Waals surface area contributed by atoms with Gasteiger partial charge >= 0.3 is 0 Å². The SMILES string of the molecule is CC(C)(C)c1ccc(C(Cn2ccnc2)Sc2ccc(Cl)cc2Cl)cc1. The summed E-state index contributed by atoms with van der Waals surface area (Å²) in [5, 5.41) is 1.56. The predicted octanol–water partition coefficient (Wildman–Crippen LogP) is 7.02.